The molecule has 1 heterocycles. The van der Waals surface area contributed by atoms with E-state index in [1.165, 1.54) is 22.9 Å². The maximum Gasteiger partial charge on any atom is 0.260 e. The molecule has 2 aromatic rings. The van der Waals surface area contributed by atoms with Crippen molar-refractivity contribution in [1.29, 1.82) is 0 Å². The number of anilines is 1. The van der Waals surface area contributed by atoms with E-state index in [9.17, 15) is 13.2 Å². The monoisotopic (exact) mass is 459 g/mol. The number of amides is 1. The van der Waals surface area contributed by atoms with Gasteiger partial charge in [-0.2, -0.15) is 0 Å². The van der Waals surface area contributed by atoms with E-state index in [0.29, 0.717) is 30.9 Å². The summed E-state index contributed by atoms with van der Waals surface area (Å²) in [6.07, 6.45) is 0.723. The highest BCUT2D eigenvalue weighted by atomic mass is 32.2. The molecule has 0 saturated carbocycles. The highest BCUT2D eigenvalue weighted by Crippen LogP contribution is 2.24. The molecule has 1 N–H and O–H groups in total. The summed E-state index contributed by atoms with van der Waals surface area (Å²) in [5.74, 6) is 0.452. The number of nitrogens with zero attached hydrogens (tertiary/aromatic N) is 2. The van der Waals surface area contributed by atoms with Gasteiger partial charge < -0.3 is 14.5 Å². The van der Waals surface area contributed by atoms with Crippen molar-refractivity contribution in [3.05, 3.63) is 53.1 Å². The smallest absolute Gasteiger partial charge is 0.260 e. The number of carbonyl (C=O) groups is 1. The summed E-state index contributed by atoms with van der Waals surface area (Å²) >= 11 is 0. The van der Waals surface area contributed by atoms with E-state index in [1.54, 1.807) is 19.1 Å². The van der Waals surface area contributed by atoms with Crippen LogP contribution in [0, 0.1) is 20.8 Å². The van der Waals surface area contributed by atoms with Gasteiger partial charge in [0.05, 0.1) is 4.90 Å². The van der Waals surface area contributed by atoms with Crippen LogP contribution in [0.5, 0.6) is 5.75 Å². The molecule has 0 aromatic heterocycles. The molecule has 0 radical (unpaired) electrons. The number of benzene rings is 2. The van der Waals surface area contributed by atoms with Crippen LogP contribution in [0.1, 0.15) is 30.0 Å². The summed E-state index contributed by atoms with van der Waals surface area (Å²) in [5, 5.41) is 0. The van der Waals surface area contributed by atoms with Crippen LogP contribution in [0.25, 0.3) is 0 Å². The third-order valence-electron chi connectivity index (χ3n) is 5.90. The molecule has 0 spiro atoms. The molecule has 0 unspecified atom stereocenters. The van der Waals surface area contributed by atoms with Crippen molar-refractivity contribution in [3.63, 3.8) is 0 Å². The summed E-state index contributed by atoms with van der Waals surface area (Å²) < 4.78 is 32.8. The molecule has 1 aliphatic heterocycles. The predicted octanol–water partition coefficient (Wildman–Crippen LogP) is 3.03. The first kappa shape index (κ1) is 24.1. The van der Waals surface area contributed by atoms with Crippen LogP contribution in [-0.2, 0) is 14.8 Å². The summed E-state index contributed by atoms with van der Waals surface area (Å²) in [6.45, 7) is 11.1. The molecular weight excluding hydrogens is 426 g/mol. The van der Waals surface area contributed by atoms with E-state index in [-0.39, 0.29) is 17.4 Å². The number of hydrogen-bond donors (Lipinski definition) is 1. The number of rotatable bonds is 8. The molecule has 1 amide bonds. The number of nitrogens with one attached hydrogen (secondary N) is 1. The number of carbonyl (C=O) groups excluding carboxylic acids is 1. The Hall–Kier alpha value is -2.58. The lowest BCUT2D eigenvalue weighted by Gasteiger charge is -2.37. The van der Waals surface area contributed by atoms with Gasteiger partial charge in [-0.25, -0.2) is 13.1 Å². The third kappa shape index (κ3) is 5.61. The normalized spacial score (nSPS) is 14.5. The fraction of sp³-hybridized carbons (Fsp3) is 0.458. The molecule has 7 nitrogen and oxygen atoms in total. The number of piperazine rings is 1. The van der Waals surface area contributed by atoms with Crippen LogP contribution in [-0.4, -0.2) is 58.6 Å². The molecule has 0 atom stereocenters. The first-order chi connectivity index (χ1) is 15.2. The molecule has 32 heavy (non-hydrogen) atoms. The van der Waals surface area contributed by atoms with E-state index in [4.69, 9.17) is 4.74 Å². The van der Waals surface area contributed by atoms with E-state index in [1.807, 2.05) is 11.8 Å². The minimum Gasteiger partial charge on any atom is -0.483 e. The van der Waals surface area contributed by atoms with Gasteiger partial charge in [0, 0.05) is 38.4 Å². The lowest BCUT2D eigenvalue weighted by Crippen LogP contribution is -2.50. The lowest BCUT2D eigenvalue weighted by molar-refractivity contribution is -0.133. The van der Waals surface area contributed by atoms with Crippen LogP contribution in [0.4, 0.5) is 5.69 Å². The molecule has 2 aromatic carbocycles. The Kier molecular flexibility index (Phi) is 7.79. The highest BCUT2D eigenvalue weighted by molar-refractivity contribution is 7.89. The first-order valence-corrected chi connectivity index (χ1v) is 12.5. The molecule has 1 fully saturated rings. The van der Waals surface area contributed by atoms with Crippen LogP contribution in [0.3, 0.4) is 0 Å². The Morgan fingerprint density at radius 1 is 1.03 bits per heavy atom. The molecule has 174 valence electrons. The van der Waals surface area contributed by atoms with E-state index in [2.05, 4.69) is 41.7 Å². The standard InChI is InChI=1S/C24H33N3O4S/c1-5-11-25-32(29,30)21-9-10-23(19(3)16-21)31-17-24(28)27-14-12-26(13-15-27)22-8-6-7-18(2)20(22)4/h6-10,16,25H,5,11-15,17H2,1-4H3. The summed E-state index contributed by atoms with van der Waals surface area (Å²) in [5.41, 5.74) is 4.45. The van der Waals surface area contributed by atoms with Gasteiger partial charge in [-0.05, 0) is 68.1 Å². The summed E-state index contributed by atoms with van der Waals surface area (Å²) in [4.78, 5) is 17.0. The van der Waals surface area contributed by atoms with E-state index >= 15 is 0 Å². The van der Waals surface area contributed by atoms with Crippen molar-refractivity contribution in [1.82, 2.24) is 9.62 Å². The zero-order chi connectivity index (χ0) is 23.3. The zero-order valence-corrected chi connectivity index (χ0v) is 20.2. The minimum atomic E-state index is -3.53. The summed E-state index contributed by atoms with van der Waals surface area (Å²) in [7, 11) is -3.53. The largest absolute Gasteiger partial charge is 0.483 e. The maximum atomic E-state index is 12.7. The topological polar surface area (TPSA) is 78.9 Å². The fourth-order valence-electron chi connectivity index (χ4n) is 3.78. The Bertz CT molecular complexity index is 1060. The Morgan fingerprint density at radius 3 is 2.41 bits per heavy atom. The van der Waals surface area contributed by atoms with Gasteiger partial charge in [0.2, 0.25) is 10.0 Å². The molecule has 3 rings (SSSR count). The molecule has 8 heteroatoms. The quantitative estimate of drug-likeness (QED) is 0.657. The number of aryl methyl sites for hydroxylation is 2. The maximum absolute atomic E-state index is 12.7. The van der Waals surface area contributed by atoms with Gasteiger partial charge in [-0.3, -0.25) is 4.79 Å². The second kappa shape index (κ2) is 10.4. The average Bonchev–Trinajstić information content (AvgIpc) is 2.78. The first-order valence-electron chi connectivity index (χ1n) is 11.0. The highest BCUT2D eigenvalue weighted by Gasteiger charge is 2.23. The van der Waals surface area contributed by atoms with Crippen molar-refractivity contribution >= 4 is 21.6 Å². The van der Waals surface area contributed by atoms with Crippen molar-refractivity contribution in [2.45, 2.75) is 39.0 Å². The summed E-state index contributed by atoms with van der Waals surface area (Å²) in [6, 6.07) is 11.0. The van der Waals surface area contributed by atoms with Crippen LogP contribution in [0.2, 0.25) is 0 Å². The molecular formula is C24H33N3O4S. The van der Waals surface area contributed by atoms with Crippen molar-refractivity contribution in [3.8, 4) is 5.75 Å². The Labute approximate surface area is 191 Å². The molecule has 0 aliphatic carbocycles. The number of ether oxygens (including phenoxy) is 1. The second-order valence-electron chi connectivity index (χ2n) is 8.20. The number of sulfonamides is 1. The average molecular weight is 460 g/mol. The zero-order valence-electron chi connectivity index (χ0n) is 19.3. The fourth-order valence-corrected chi connectivity index (χ4v) is 5.00. The van der Waals surface area contributed by atoms with Crippen molar-refractivity contribution in [2.24, 2.45) is 0 Å². The lowest BCUT2D eigenvalue weighted by atomic mass is 10.1. The van der Waals surface area contributed by atoms with Gasteiger partial charge in [0.1, 0.15) is 5.75 Å². The molecule has 1 aliphatic rings. The predicted molar refractivity (Wildman–Crippen MR) is 127 cm³/mol. The Morgan fingerprint density at radius 2 is 1.75 bits per heavy atom. The Balaban J connectivity index is 1.55. The van der Waals surface area contributed by atoms with Crippen molar-refractivity contribution in [2.75, 3.05) is 44.2 Å². The van der Waals surface area contributed by atoms with E-state index in [0.717, 1.165) is 19.5 Å². The third-order valence-corrected chi connectivity index (χ3v) is 7.36. The second-order valence-corrected chi connectivity index (χ2v) is 9.97. The van der Waals surface area contributed by atoms with Crippen molar-refractivity contribution < 1.29 is 17.9 Å². The van der Waals surface area contributed by atoms with Gasteiger partial charge in [0.15, 0.2) is 6.61 Å². The van der Waals surface area contributed by atoms with Gasteiger partial charge in [0.25, 0.3) is 5.91 Å². The van der Waals surface area contributed by atoms with Crippen LogP contribution < -0.4 is 14.4 Å². The van der Waals surface area contributed by atoms with Crippen LogP contribution in [0.15, 0.2) is 41.3 Å². The van der Waals surface area contributed by atoms with E-state index < -0.39 is 10.0 Å². The molecule has 1 saturated heterocycles. The number of hydrogen-bond acceptors (Lipinski definition) is 5. The van der Waals surface area contributed by atoms with Gasteiger partial charge >= 0.3 is 0 Å². The SMILES string of the molecule is CCCNS(=O)(=O)c1ccc(OCC(=O)N2CCN(c3cccc(C)c3C)CC2)c(C)c1. The van der Waals surface area contributed by atoms with Crippen LogP contribution >= 0.6 is 0 Å². The molecule has 0 bridgehead atoms. The van der Waals surface area contributed by atoms with Gasteiger partial charge in [-0.1, -0.05) is 19.1 Å². The van der Waals surface area contributed by atoms with Gasteiger partial charge in [-0.15, -0.1) is 0 Å². The minimum absolute atomic E-state index is 0.0636.